The summed E-state index contributed by atoms with van der Waals surface area (Å²) in [5.74, 6) is 0. The molecule has 1 heterocycles. The van der Waals surface area contributed by atoms with Gasteiger partial charge in [-0.2, -0.15) is 4.21 Å². The molecule has 0 aromatic rings. The molecule has 0 aliphatic carbocycles. The Labute approximate surface area is 82.1 Å². The molecule has 14 heavy (non-hydrogen) atoms. The van der Waals surface area contributed by atoms with Gasteiger partial charge >= 0.3 is 11.4 Å². The van der Waals surface area contributed by atoms with Crippen molar-refractivity contribution in [1.82, 2.24) is 0 Å². The predicted octanol–water partition coefficient (Wildman–Crippen LogP) is -2.74. The van der Waals surface area contributed by atoms with Crippen LogP contribution >= 0.6 is 0 Å². The van der Waals surface area contributed by atoms with Crippen molar-refractivity contribution in [3.05, 3.63) is 0 Å². The standard InChI is InChI=1S/C6H10O7S/c7-1-4-6(10)5(9)3(8)2-12-14(11)13-4/h1,3-6,8-10H,2H2/t3-,4+,5+,6-,14?/m1/s1. The fraction of sp³-hybridized carbons (Fsp3) is 0.833. The van der Waals surface area contributed by atoms with Gasteiger partial charge in [0.2, 0.25) is 0 Å². The maximum Gasteiger partial charge on any atom is 0.305 e. The van der Waals surface area contributed by atoms with Crippen molar-refractivity contribution in [2.45, 2.75) is 24.4 Å². The van der Waals surface area contributed by atoms with E-state index < -0.39 is 42.4 Å². The molecule has 82 valence electrons. The van der Waals surface area contributed by atoms with Crippen LogP contribution < -0.4 is 0 Å². The number of aliphatic hydroxyl groups is 3. The van der Waals surface area contributed by atoms with Crippen LogP contribution in [0.5, 0.6) is 0 Å². The summed E-state index contributed by atoms with van der Waals surface area (Å²) in [6.07, 6.45) is -5.94. The minimum Gasteiger partial charge on any atom is -0.388 e. The Kier molecular flexibility index (Phi) is 4.11. The van der Waals surface area contributed by atoms with Gasteiger partial charge in [0.25, 0.3) is 0 Å². The largest absolute Gasteiger partial charge is 0.388 e. The molecule has 1 fully saturated rings. The fourth-order valence-corrected chi connectivity index (χ4v) is 1.57. The summed E-state index contributed by atoms with van der Waals surface area (Å²) in [6.45, 7) is -0.448. The Bertz CT molecular complexity index is 232. The Balaban J connectivity index is 2.76. The molecule has 0 aromatic carbocycles. The zero-order valence-electron chi connectivity index (χ0n) is 6.98. The Hall–Kier alpha value is -0.380. The predicted molar refractivity (Wildman–Crippen MR) is 43.1 cm³/mol. The van der Waals surface area contributed by atoms with Crippen LogP contribution in [0, 0.1) is 0 Å². The summed E-state index contributed by atoms with van der Waals surface area (Å²) in [4.78, 5) is 10.4. The van der Waals surface area contributed by atoms with Gasteiger partial charge in [-0.3, -0.25) is 8.37 Å². The molecule has 0 amide bonds. The molecule has 0 radical (unpaired) electrons. The SMILES string of the molecule is O=C[C@@H]1OS(=O)OC[C@@H](O)[C@H](O)[C@@H]1O. The van der Waals surface area contributed by atoms with Crippen molar-refractivity contribution in [1.29, 1.82) is 0 Å². The number of carbonyl (C=O) groups excluding carboxylic acids is 1. The second-order valence-corrected chi connectivity index (χ2v) is 3.57. The molecule has 8 heteroatoms. The van der Waals surface area contributed by atoms with Crippen molar-refractivity contribution >= 4 is 17.6 Å². The molecule has 0 spiro atoms. The second-order valence-electron chi connectivity index (χ2n) is 2.73. The van der Waals surface area contributed by atoms with Crippen molar-refractivity contribution in [2.75, 3.05) is 6.61 Å². The molecular weight excluding hydrogens is 216 g/mol. The molecule has 0 aromatic heterocycles. The molecule has 1 aliphatic heterocycles. The molecule has 3 N–H and O–H groups in total. The first-order valence-electron chi connectivity index (χ1n) is 3.78. The molecule has 1 saturated heterocycles. The fourth-order valence-electron chi connectivity index (χ4n) is 0.924. The first-order valence-corrected chi connectivity index (χ1v) is 4.78. The highest BCUT2D eigenvalue weighted by atomic mass is 32.2. The van der Waals surface area contributed by atoms with Crippen LogP contribution in [0.2, 0.25) is 0 Å². The average molecular weight is 226 g/mol. The Morgan fingerprint density at radius 2 is 1.93 bits per heavy atom. The van der Waals surface area contributed by atoms with Gasteiger partial charge in [0.15, 0.2) is 12.4 Å². The van der Waals surface area contributed by atoms with Gasteiger partial charge in [0.05, 0.1) is 6.61 Å². The third-order valence-corrected chi connectivity index (χ3v) is 2.45. The van der Waals surface area contributed by atoms with Crippen molar-refractivity contribution in [3.8, 4) is 0 Å². The average Bonchev–Trinajstić information content (AvgIpc) is 2.19. The summed E-state index contributed by atoms with van der Waals surface area (Å²) in [6, 6.07) is 0. The third-order valence-electron chi connectivity index (χ3n) is 1.74. The minimum atomic E-state index is -2.22. The van der Waals surface area contributed by atoms with Gasteiger partial charge in [-0.25, -0.2) is 0 Å². The van der Waals surface area contributed by atoms with Gasteiger partial charge in [0.1, 0.15) is 18.3 Å². The molecular formula is C6H10O7S. The lowest BCUT2D eigenvalue weighted by Crippen LogP contribution is -2.49. The lowest BCUT2D eigenvalue weighted by atomic mass is 10.0. The monoisotopic (exact) mass is 226 g/mol. The third kappa shape index (κ3) is 2.56. The highest BCUT2D eigenvalue weighted by Gasteiger charge is 2.36. The van der Waals surface area contributed by atoms with E-state index in [0.29, 0.717) is 0 Å². The molecule has 1 unspecified atom stereocenters. The molecule has 1 rings (SSSR count). The number of rotatable bonds is 1. The molecule has 1 aliphatic rings. The van der Waals surface area contributed by atoms with E-state index in [-0.39, 0.29) is 6.29 Å². The van der Waals surface area contributed by atoms with Gasteiger partial charge in [-0.1, -0.05) is 0 Å². The van der Waals surface area contributed by atoms with E-state index in [9.17, 15) is 19.2 Å². The van der Waals surface area contributed by atoms with Crippen molar-refractivity contribution in [2.24, 2.45) is 0 Å². The van der Waals surface area contributed by atoms with Crippen molar-refractivity contribution < 1.29 is 32.7 Å². The van der Waals surface area contributed by atoms with Crippen LogP contribution in [0.15, 0.2) is 0 Å². The highest BCUT2D eigenvalue weighted by molar-refractivity contribution is 7.75. The van der Waals surface area contributed by atoms with Gasteiger partial charge in [-0.05, 0) is 0 Å². The lowest BCUT2D eigenvalue weighted by molar-refractivity contribution is -0.136. The first kappa shape index (κ1) is 11.7. The number of hydrogen-bond acceptors (Lipinski definition) is 7. The molecule has 7 nitrogen and oxygen atoms in total. The van der Waals surface area contributed by atoms with E-state index >= 15 is 0 Å². The molecule has 0 saturated carbocycles. The number of hydrogen-bond donors (Lipinski definition) is 3. The van der Waals surface area contributed by atoms with Crippen molar-refractivity contribution in [3.63, 3.8) is 0 Å². The van der Waals surface area contributed by atoms with Crippen LogP contribution in [0.25, 0.3) is 0 Å². The zero-order chi connectivity index (χ0) is 10.7. The van der Waals surface area contributed by atoms with Crippen LogP contribution in [0.3, 0.4) is 0 Å². The summed E-state index contributed by atoms with van der Waals surface area (Å²) in [5.41, 5.74) is 0. The van der Waals surface area contributed by atoms with Gasteiger partial charge in [0, 0.05) is 0 Å². The smallest absolute Gasteiger partial charge is 0.305 e. The van der Waals surface area contributed by atoms with Gasteiger partial charge in [-0.15, -0.1) is 0 Å². The van der Waals surface area contributed by atoms with E-state index in [1.165, 1.54) is 0 Å². The van der Waals surface area contributed by atoms with Crippen LogP contribution in [-0.4, -0.2) is 56.8 Å². The summed E-state index contributed by atoms with van der Waals surface area (Å²) in [5, 5.41) is 27.6. The van der Waals surface area contributed by atoms with E-state index in [2.05, 4.69) is 8.37 Å². The van der Waals surface area contributed by atoms with Crippen LogP contribution in [0.4, 0.5) is 0 Å². The number of aliphatic hydroxyl groups excluding tert-OH is 3. The van der Waals surface area contributed by atoms with E-state index in [1.54, 1.807) is 0 Å². The summed E-state index contributed by atoms with van der Waals surface area (Å²) < 4.78 is 19.7. The van der Waals surface area contributed by atoms with E-state index in [1.807, 2.05) is 0 Å². The minimum absolute atomic E-state index is 0.174. The lowest BCUT2D eigenvalue weighted by Gasteiger charge is -2.27. The second kappa shape index (κ2) is 4.91. The molecule has 0 bridgehead atoms. The zero-order valence-corrected chi connectivity index (χ0v) is 7.79. The maximum atomic E-state index is 10.8. The van der Waals surface area contributed by atoms with Gasteiger partial charge < -0.3 is 20.1 Å². The van der Waals surface area contributed by atoms with Crippen LogP contribution in [0.1, 0.15) is 0 Å². The topological polar surface area (TPSA) is 113 Å². The normalized spacial score (nSPS) is 45.2. The van der Waals surface area contributed by atoms with E-state index in [0.717, 1.165) is 0 Å². The van der Waals surface area contributed by atoms with E-state index in [4.69, 9.17) is 5.11 Å². The molecule has 5 atom stereocenters. The number of aldehydes is 1. The maximum absolute atomic E-state index is 10.8. The first-order chi connectivity index (χ1) is 6.56. The highest BCUT2D eigenvalue weighted by Crippen LogP contribution is 2.12. The Morgan fingerprint density at radius 1 is 1.29 bits per heavy atom. The Morgan fingerprint density at radius 3 is 2.50 bits per heavy atom. The quantitative estimate of drug-likeness (QED) is 0.416. The summed E-state index contributed by atoms with van der Waals surface area (Å²) in [7, 11) is 0. The van der Waals surface area contributed by atoms with Crippen LogP contribution in [-0.2, 0) is 24.5 Å². The number of carbonyl (C=O) groups is 1. The summed E-state index contributed by atoms with van der Waals surface area (Å²) >= 11 is -2.22.